The lowest BCUT2D eigenvalue weighted by atomic mass is 10.1. The Bertz CT molecular complexity index is 931. The summed E-state index contributed by atoms with van der Waals surface area (Å²) in [5, 5.41) is 8.93. The lowest BCUT2D eigenvalue weighted by molar-refractivity contribution is 1.07. The molecular formula is C14H8BrN5. The third kappa shape index (κ3) is 1.77. The average molecular weight is 326 g/mol. The van der Waals surface area contributed by atoms with E-state index in [9.17, 15) is 0 Å². The molecular weight excluding hydrogens is 318 g/mol. The first-order valence-corrected chi connectivity index (χ1v) is 6.83. The molecule has 0 radical (unpaired) electrons. The molecule has 1 aromatic carbocycles. The zero-order valence-electron chi connectivity index (χ0n) is 10.2. The summed E-state index contributed by atoms with van der Waals surface area (Å²) in [4.78, 5) is 13.3. The SMILES string of the molecule is Brc1n[nH]c(-c2ccc3ccc4cccnc4c3n2)n1. The summed E-state index contributed by atoms with van der Waals surface area (Å²) in [5.74, 6) is 0.631. The number of fused-ring (bicyclic) bond motifs is 3. The second kappa shape index (κ2) is 4.35. The summed E-state index contributed by atoms with van der Waals surface area (Å²) in [6.07, 6.45) is 1.78. The maximum Gasteiger partial charge on any atom is 0.217 e. The molecule has 0 spiro atoms. The minimum atomic E-state index is 0.519. The van der Waals surface area contributed by atoms with Crippen molar-refractivity contribution in [3.05, 3.63) is 47.3 Å². The molecule has 1 N–H and O–H groups in total. The molecule has 0 amide bonds. The van der Waals surface area contributed by atoms with Gasteiger partial charge < -0.3 is 0 Å². The van der Waals surface area contributed by atoms with Gasteiger partial charge in [0.1, 0.15) is 5.69 Å². The van der Waals surface area contributed by atoms with Crippen LogP contribution in [-0.4, -0.2) is 25.1 Å². The summed E-state index contributed by atoms with van der Waals surface area (Å²) >= 11 is 3.23. The normalized spacial score (nSPS) is 11.2. The molecule has 0 unspecified atom stereocenters. The summed E-state index contributed by atoms with van der Waals surface area (Å²) in [7, 11) is 0. The number of hydrogen-bond acceptors (Lipinski definition) is 4. The minimum absolute atomic E-state index is 0.519. The summed E-state index contributed by atoms with van der Waals surface area (Å²) in [5.41, 5.74) is 2.51. The van der Waals surface area contributed by atoms with Crippen LogP contribution >= 0.6 is 15.9 Å². The molecule has 6 heteroatoms. The molecule has 0 saturated carbocycles. The highest BCUT2D eigenvalue weighted by Gasteiger charge is 2.08. The number of benzene rings is 1. The zero-order valence-corrected chi connectivity index (χ0v) is 11.8. The Labute approximate surface area is 122 Å². The van der Waals surface area contributed by atoms with Crippen molar-refractivity contribution in [2.24, 2.45) is 0 Å². The van der Waals surface area contributed by atoms with E-state index < -0.39 is 0 Å². The molecule has 0 atom stereocenters. The predicted octanol–water partition coefficient (Wildman–Crippen LogP) is 3.33. The van der Waals surface area contributed by atoms with Gasteiger partial charge in [0.25, 0.3) is 0 Å². The Balaban J connectivity index is 2.04. The summed E-state index contributed by atoms with van der Waals surface area (Å²) in [6, 6.07) is 12.0. The molecule has 0 aliphatic carbocycles. The lowest BCUT2D eigenvalue weighted by Crippen LogP contribution is -1.89. The molecule has 4 rings (SSSR count). The van der Waals surface area contributed by atoms with E-state index in [0.717, 1.165) is 27.5 Å². The molecule has 0 saturated heterocycles. The number of aromatic nitrogens is 5. The van der Waals surface area contributed by atoms with Crippen molar-refractivity contribution in [2.75, 3.05) is 0 Å². The molecule has 96 valence electrons. The zero-order chi connectivity index (χ0) is 13.5. The highest BCUT2D eigenvalue weighted by molar-refractivity contribution is 9.10. The first-order chi connectivity index (χ1) is 9.81. The topological polar surface area (TPSA) is 67.3 Å². The van der Waals surface area contributed by atoms with Gasteiger partial charge in [0, 0.05) is 17.0 Å². The summed E-state index contributed by atoms with van der Waals surface area (Å²) in [6.45, 7) is 0. The van der Waals surface area contributed by atoms with Crippen molar-refractivity contribution in [1.29, 1.82) is 0 Å². The number of aromatic amines is 1. The van der Waals surface area contributed by atoms with Gasteiger partial charge in [-0.25, -0.2) is 4.98 Å². The number of halogens is 1. The highest BCUT2D eigenvalue weighted by Crippen LogP contribution is 2.24. The molecule has 4 aromatic rings. The first-order valence-electron chi connectivity index (χ1n) is 6.04. The van der Waals surface area contributed by atoms with E-state index in [1.807, 2.05) is 30.3 Å². The Kier molecular flexibility index (Phi) is 2.50. The van der Waals surface area contributed by atoms with Crippen molar-refractivity contribution in [3.63, 3.8) is 0 Å². The minimum Gasteiger partial charge on any atom is -0.257 e. The number of pyridine rings is 2. The van der Waals surface area contributed by atoms with Crippen molar-refractivity contribution >= 4 is 37.7 Å². The molecule has 0 bridgehead atoms. The van der Waals surface area contributed by atoms with Gasteiger partial charge in [0.2, 0.25) is 4.73 Å². The second-order valence-corrected chi connectivity index (χ2v) is 5.07. The fraction of sp³-hybridized carbons (Fsp3) is 0. The third-order valence-electron chi connectivity index (χ3n) is 3.13. The van der Waals surface area contributed by atoms with Crippen molar-refractivity contribution in [1.82, 2.24) is 25.1 Å². The number of nitrogens with one attached hydrogen (secondary N) is 1. The maximum absolute atomic E-state index is 4.67. The van der Waals surface area contributed by atoms with Gasteiger partial charge in [-0.2, -0.15) is 4.98 Å². The van der Waals surface area contributed by atoms with Crippen LogP contribution in [0.25, 0.3) is 33.3 Å². The first kappa shape index (κ1) is 11.5. The second-order valence-electron chi connectivity index (χ2n) is 4.36. The third-order valence-corrected chi connectivity index (χ3v) is 3.49. The van der Waals surface area contributed by atoms with Crippen LogP contribution in [0.15, 0.2) is 47.3 Å². The largest absolute Gasteiger partial charge is 0.257 e. The van der Waals surface area contributed by atoms with Crippen molar-refractivity contribution in [3.8, 4) is 11.5 Å². The Morgan fingerprint density at radius 2 is 1.70 bits per heavy atom. The standard InChI is InChI=1S/C14H8BrN5/c15-14-18-13(19-20-14)10-6-5-9-4-3-8-2-1-7-16-11(8)12(9)17-10/h1-7H,(H,18,19,20). The van der Waals surface area contributed by atoms with Gasteiger partial charge in [-0.15, -0.1) is 5.10 Å². The smallest absolute Gasteiger partial charge is 0.217 e. The lowest BCUT2D eigenvalue weighted by Gasteiger charge is -2.03. The Hall–Kier alpha value is -2.34. The molecule has 3 aromatic heterocycles. The maximum atomic E-state index is 4.67. The monoisotopic (exact) mass is 325 g/mol. The van der Waals surface area contributed by atoms with Crippen molar-refractivity contribution in [2.45, 2.75) is 0 Å². The van der Waals surface area contributed by atoms with Crippen LogP contribution < -0.4 is 0 Å². The molecule has 5 nitrogen and oxygen atoms in total. The Morgan fingerprint density at radius 1 is 0.900 bits per heavy atom. The predicted molar refractivity (Wildman–Crippen MR) is 80.1 cm³/mol. The van der Waals surface area contributed by atoms with Crippen LogP contribution in [0.1, 0.15) is 0 Å². The summed E-state index contributed by atoms with van der Waals surface area (Å²) < 4.78 is 0.519. The number of hydrogen-bond donors (Lipinski definition) is 1. The van der Waals surface area contributed by atoms with E-state index in [-0.39, 0.29) is 0 Å². The van der Waals surface area contributed by atoms with Gasteiger partial charge in [0.05, 0.1) is 11.0 Å². The van der Waals surface area contributed by atoms with Crippen LogP contribution in [0.5, 0.6) is 0 Å². The quantitative estimate of drug-likeness (QED) is 0.545. The van der Waals surface area contributed by atoms with Crippen LogP contribution in [0.4, 0.5) is 0 Å². The van der Waals surface area contributed by atoms with Gasteiger partial charge in [-0.3, -0.25) is 10.1 Å². The fourth-order valence-electron chi connectivity index (χ4n) is 2.21. The number of rotatable bonds is 1. The molecule has 0 aliphatic rings. The van der Waals surface area contributed by atoms with E-state index >= 15 is 0 Å². The molecule has 0 fully saturated rings. The van der Waals surface area contributed by atoms with E-state index in [0.29, 0.717) is 10.6 Å². The average Bonchev–Trinajstić information content (AvgIpc) is 2.93. The van der Waals surface area contributed by atoms with Gasteiger partial charge >= 0.3 is 0 Å². The van der Waals surface area contributed by atoms with Crippen LogP contribution in [0.3, 0.4) is 0 Å². The van der Waals surface area contributed by atoms with E-state index in [1.165, 1.54) is 0 Å². The van der Waals surface area contributed by atoms with Gasteiger partial charge in [0.15, 0.2) is 5.82 Å². The van der Waals surface area contributed by atoms with Gasteiger partial charge in [-0.1, -0.05) is 24.3 Å². The van der Waals surface area contributed by atoms with Crippen LogP contribution in [0, 0.1) is 0 Å². The van der Waals surface area contributed by atoms with E-state index in [2.05, 4.69) is 47.1 Å². The highest BCUT2D eigenvalue weighted by atomic mass is 79.9. The van der Waals surface area contributed by atoms with Crippen LogP contribution in [-0.2, 0) is 0 Å². The number of H-pyrrole nitrogens is 1. The Morgan fingerprint density at radius 3 is 2.50 bits per heavy atom. The molecule has 0 aliphatic heterocycles. The molecule has 3 heterocycles. The van der Waals surface area contributed by atoms with Crippen molar-refractivity contribution < 1.29 is 0 Å². The van der Waals surface area contributed by atoms with Gasteiger partial charge in [-0.05, 0) is 28.1 Å². The molecule has 20 heavy (non-hydrogen) atoms. The number of nitrogens with zero attached hydrogens (tertiary/aromatic N) is 4. The fourth-order valence-corrected chi connectivity index (χ4v) is 2.48. The van der Waals surface area contributed by atoms with E-state index in [1.54, 1.807) is 6.20 Å². The van der Waals surface area contributed by atoms with Crippen LogP contribution in [0.2, 0.25) is 0 Å². The van der Waals surface area contributed by atoms with E-state index in [4.69, 9.17) is 0 Å².